The molecule has 1 heterocycles. The van der Waals surface area contributed by atoms with E-state index in [2.05, 4.69) is 4.98 Å². The first-order valence-electron chi connectivity index (χ1n) is 5.63. The second kappa shape index (κ2) is 6.14. The van der Waals surface area contributed by atoms with E-state index in [-0.39, 0.29) is 6.61 Å². The first-order chi connectivity index (χ1) is 8.81. The molecule has 2 rings (SSSR count). The van der Waals surface area contributed by atoms with Crippen LogP contribution in [0.3, 0.4) is 0 Å². The van der Waals surface area contributed by atoms with E-state index in [9.17, 15) is 0 Å². The zero-order valence-corrected chi connectivity index (χ0v) is 10.2. The predicted molar refractivity (Wildman–Crippen MR) is 67.4 cm³/mol. The van der Waals surface area contributed by atoms with Crippen molar-refractivity contribution in [2.75, 3.05) is 7.11 Å². The second-order valence-electron chi connectivity index (χ2n) is 3.84. The molecule has 0 saturated carbocycles. The van der Waals surface area contributed by atoms with Crippen molar-refractivity contribution in [3.8, 4) is 11.6 Å². The fraction of sp³-hybridized carbons (Fsp3) is 0.214. The Hall–Kier alpha value is -1.91. The van der Waals surface area contributed by atoms with E-state index in [4.69, 9.17) is 14.6 Å². The smallest absolute Gasteiger partial charge is 0.219 e. The van der Waals surface area contributed by atoms with Crippen LogP contribution in [0, 0.1) is 0 Å². The molecule has 1 aromatic carbocycles. The maximum atomic E-state index is 9.04. The molecule has 0 bridgehead atoms. The summed E-state index contributed by atoms with van der Waals surface area (Å²) < 4.78 is 10.7. The average Bonchev–Trinajstić information content (AvgIpc) is 2.40. The maximum Gasteiger partial charge on any atom is 0.219 e. The minimum absolute atomic E-state index is 0.0252. The summed E-state index contributed by atoms with van der Waals surface area (Å²) in [5.74, 6) is 1.17. The highest BCUT2D eigenvalue weighted by molar-refractivity contribution is 5.32. The third kappa shape index (κ3) is 3.29. The van der Waals surface area contributed by atoms with Gasteiger partial charge in [-0.2, -0.15) is 0 Å². The third-order valence-electron chi connectivity index (χ3n) is 2.41. The Morgan fingerprint density at radius 1 is 1.17 bits per heavy atom. The molecule has 0 aliphatic heterocycles. The highest BCUT2D eigenvalue weighted by Gasteiger charge is 2.01. The molecule has 1 aromatic heterocycles. The van der Waals surface area contributed by atoms with Crippen LogP contribution in [-0.2, 0) is 18.0 Å². The molecule has 0 radical (unpaired) electrons. The highest BCUT2D eigenvalue weighted by atomic mass is 16.5. The first-order valence-corrected chi connectivity index (χ1v) is 5.63. The number of aliphatic hydroxyl groups is 1. The fourth-order valence-electron chi connectivity index (χ4n) is 1.59. The summed E-state index contributed by atoms with van der Waals surface area (Å²) in [7, 11) is 1.65. The average molecular weight is 245 g/mol. The molecule has 18 heavy (non-hydrogen) atoms. The Balaban J connectivity index is 2.14. The van der Waals surface area contributed by atoms with Crippen LogP contribution >= 0.6 is 0 Å². The summed E-state index contributed by atoms with van der Waals surface area (Å²) >= 11 is 0. The quantitative estimate of drug-likeness (QED) is 0.879. The van der Waals surface area contributed by atoms with Gasteiger partial charge in [0.15, 0.2) is 0 Å². The second-order valence-corrected chi connectivity index (χ2v) is 3.84. The summed E-state index contributed by atoms with van der Waals surface area (Å²) in [6.07, 6.45) is 1.61. The number of pyridine rings is 1. The lowest BCUT2D eigenvalue weighted by Crippen LogP contribution is -1.92. The fourth-order valence-corrected chi connectivity index (χ4v) is 1.59. The number of nitrogens with zero attached hydrogens (tertiary/aromatic N) is 1. The summed E-state index contributed by atoms with van der Waals surface area (Å²) in [4.78, 5) is 4.09. The minimum Gasteiger partial charge on any atom is -0.439 e. The lowest BCUT2D eigenvalue weighted by molar-refractivity contribution is 0.184. The molecule has 0 aliphatic carbocycles. The molecule has 4 nitrogen and oxygen atoms in total. The standard InChI is InChI=1S/C14H15NO3/c1-17-10-12-3-2-4-13(7-12)18-14-8-11(9-16)5-6-15-14/h2-8,16H,9-10H2,1H3. The van der Waals surface area contributed by atoms with Crippen LogP contribution in [0.5, 0.6) is 11.6 Å². The van der Waals surface area contributed by atoms with E-state index in [0.29, 0.717) is 18.2 Å². The highest BCUT2D eigenvalue weighted by Crippen LogP contribution is 2.21. The van der Waals surface area contributed by atoms with Crippen molar-refractivity contribution < 1.29 is 14.6 Å². The third-order valence-corrected chi connectivity index (χ3v) is 2.41. The number of rotatable bonds is 5. The van der Waals surface area contributed by atoms with Gasteiger partial charge >= 0.3 is 0 Å². The molecule has 0 saturated heterocycles. The van der Waals surface area contributed by atoms with Crippen molar-refractivity contribution in [3.63, 3.8) is 0 Å². The number of aliphatic hydroxyl groups excluding tert-OH is 1. The van der Waals surface area contributed by atoms with Crippen LogP contribution < -0.4 is 4.74 Å². The molecule has 4 heteroatoms. The summed E-state index contributed by atoms with van der Waals surface area (Å²) in [5, 5.41) is 9.04. The summed E-state index contributed by atoms with van der Waals surface area (Å²) in [6.45, 7) is 0.518. The van der Waals surface area contributed by atoms with Gasteiger partial charge in [-0.25, -0.2) is 4.98 Å². The Kier molecular flexibility index (Phi) is 4.28. The van der Waals surface area contributed by atoms with Crippen LogP contribution in [0.1, 0.15) is 11.1 Å². The molecule has 0 atom stereocenters. The molecule has 1 N–H and O–H groups in total. The van der Waals surface area contributed by atoms with Crippen molar-refractivity contribution in [1.82, 2.24) is 4.98 Å². The molecule has 0 aliphatic rings. The van der Waals surface area contributed by atoms with Crippen LogP contribution in [-0.4, -0.2) is 17.2 Å². The van der Waals surface area contributed by atoms with Crippen molar-refractivity contribution in [2.24, 2.45) is 0 Å². The van der Waals surface area contributed by atoms with Gasteiger partial charge in [-0.3, -0.25) is 0 Å². The lowest BCUT2D eigenvalue weighted by atomic mass is 10.2. The van der Waals surface area contributed by atoms with Crippen molar-refractivity contribution in [2.45, 2.75) is 13.2 Å². The molecular weight excluding hydrogens is 230 g/mol. The van der Waals surface area contributed by atoms with Gasteiger partial charge in [0.05, 0.1) is 13.2 Å². The maximum absolute atomic E-state index is 9.04. The SMILES string of the molecule is COCc1cccc(Oc2cc(CO)ccn2)c1. The number of methoxy groups -OCH3 is 1. The Morgan fingerprint density at radius 3 is 2.83 bits per heavy atom. The van der Waals surface area contributed by atoms with E-state index in [1.54, 1.807) is 25.4 Å². The number of hydrogen-bond donors (Lipinski definition) is 1. The Bertz CT molecular complexity index is 514. The topological polar surface area (TPSA) is 51.6 Å². The lowest BCUT2D eigenvalue weighted by Gasteiger charge is -2.07. The number of benzene rings is 1. The predicted octanol–water partition coefficient (Wildman–Crippen LogP) is 2.51. The van der Waals surface area contributed by atoms with Crippen LogP contribution in [0.4, 0.5) is 0 Å². The van der Waals surface area contributed by atoms with E-state index < -0.39 is 0 Å². The largest absolute Gasteiger partial charge is 0.439 e. The van der Waals surface area contributed by atoms with Gasteiger partial charge in [-0.1, -0.05) is 12.1 Å². The molecule has 0 unspecified atom stereocenters. The number of ether oxygens (including phenoxy) is 2. The number of aromatic nitrogens is 1. The van der Waals surface area contributed by atoms with Crippen LogP contribution in [0.25, 0.3) is 0 Å². The monoisotopic (exact) mass is 245 g/mol. The summed E-state index contributed by atoms with van der Waals surface area (Å²) in [6, 6.07) is 11.1. The zero-order chi connectivity index (χ0) is 12.8. The Labute approximate surface area is 106 Å². The normalized spacial score (nSPS) is 10.3. The van der Waals surface area contributed by atoms with E-state index >= 15 is 0 Å². The first kappa shape index (κ1) is 12.5. The van der Waals surface area contributed by atoms with Crippen LogP contribution in [0.2, 0.25) is 0 Å². The molecular formula is C14H15NO3. The van der Waals surface area contributed by atoms with Gasteiger partial charge in [0.25, 0.3) is 0 Å². The van der Waals surface area contributed by atoms with Crippen LogP contribution in [0.15, 0.2) is 42.6 Å². The number of hydrogen-bond acceptors (Lipinski definition) is 4. The van der Waals surface area contributed by atoms with Crippen molar-refractivity contribution in [3.05, 3.63) is 53.7 Å². The van der Waals surface area contributed by atoms with Gasteiger partial charge in [-0.05, 0) is 29.3 Å². The van der Waals surface area contributed by atoms with Gasteiger partial charge < -0.3 is 14.6 Å². The van der Waals surface area contributed by atoms with E-state index in [0.717, 1.165) is 11.1 Å². The molecule has 0 spiro atoms. The van der Waals surface area contributed by atoms with Crippen molar-refractivity contribution >= 4 is 0 Å². The molecule has 0 amide bonds. The van der Waals surface area contributed by atoms with Gasteiger partial charge in [0, 0.05) is 19.4 Å². The van der Waals surface area contributed by atoms with E-state index in [1.165, 1.54) is 0 Å². The van der Waals surface area contributed by atoms with Crippen molar-refractivity contribution in [1.29, 1.82) is 0 Å². The van der Waals surface area contributed by atoms with Gasteiger partial charge in [0.2, 0.25) is 5.88 Å². The molecule has 94 valence electrons. The van der Waals surface area contributed by atoms with Gasteiger partial charge in [-0.15, -0.1) is 0 Å². The van der Waals surface area contributed by atoms with E-state index in [1.807, 2.05) is 24.3 Å². The molecule has 2 aromatic rings. The molecule has 0 fully saturated rings. The Morgan fingerprint density at radius 2 is 2.06 bits per heavy atom. The minimum atomic E-state index is -0.0252. The summed E-state index contributed by atoms with van der Waals surface area (Å²) in [5.41, 5.74) is 1.81. The zero-order valence-electron chi connectivity index (χ0n) is 10.2. The van der Waals surface area contributed by atoms with Gasteiger partial charge in [0.1, 0.15) is 5.75 Å².